The number of nitrogens with zero attached hydrogens (tertiary/aromatic N) is 1. The van der Waals surface area contributed by atoms with E-state index in [1.54, 1.807) is 23.8 Å². The summed E-state index contributed by atoms with van der Waals surface area (Å²) >= 11 is 1.64. The molecule has 24 heavy (non-hydrogen) atoms. The SMILES string of the molecule is COc1cc(C)ccc1NC(=O)C1CSCN1C(=O)C1CCCC1. The Morgan fingerprint density at radius 2 is 2.04 bits per heavy atom. The van der Waals surface area contributed by atoms with Gasteiger partial charge in [-0.15, -0.1) is 11.8 Å². The summed E-state index contributed by atoms with van der Waals surface area (Å²) in [5.74, 6) is 2.02. The van der Waals surface area contributed by atoms with Gasteiger partial charge in [-0.3, -0.25) is 9.59 Å². The van der Waals surface area contributed by atoms with Gasteiger partial charge in [0.05, 0.1) is 18.7 Å². The Balaban J connectivity index is 1.70. The molecular formula is C18H24N2O3S. The van der Waals surface area contributed by atoms with Crippen LogP contribution in [0.15, 0.2) is 18.2 Å². The van der Waals surface area contributed by atoms with Gasteiger partial charge in [-0.25, -0.2) is 0 Å². The van der Waals surface area contributed by atoms with Crippen molar-refractivity contribution in [3.63, 3.8) is 0 Å². The van der Waals surface area contributed by atoms with E-state index in [0.717, 1.165) is 31.2 Å². The number of benzene rings is 1. The smallest absolute Gasteiger partial charge is 0.248 e. The van der Waals surface area contributed by atoms with Crippen LogP contribution in [0.4, 0.5) is 5.69 Å². The molecule has 1 aromatic carbocycles. The predicted octanol–water partition coefficient (Wildman–Crippen LogP) is 3.03. The second-order valence-electron chi connectivity index (χ2n) is 6.50. The fourth-order valence-electron chi connectivity index (χ4n) is 3.40. The molecule has 1 N–H and O–H groups in total. The lowest BCUT2D eigenvalue weighted by Gasteiger charge is -2.26. The van der Waals surface area contributed by atoms with Crippen molar-refractivity contribution in [3.8, 4) is 5.75 Å². The zero-order valence-electron chi connectivity index (χ0n) is 14.2. The highest BCUT2D eigenvalue weighted by molar-refractivity contribution is 7.99. The summed E-state index contributed by atoms with van der Waals surface area (Å²) in [6.45, 7) is 1.98. The quantitative estimate of drug-likeness (QED) is 0.909. The average molecular weight is 348 g/mol. The molecule has 1 aliphatic carbocycles. The van der Waals surface area contributed by atoms with E-state index >= 15 is 0 Å². The number of amides is 2. The fraction of sp³-hybridized carbons (Fsp3) is 0.556. The van der Waals surface area contributed by atoms with Crippen molar-refractivity contribution in [1.29, 1.82) is 0 Å². The molecule has 0 radical (unpaired) electrons. The topological polar surface area (TPSA) is 58.6 Å². The molecule has 1 saturated carbocycles. The van der Waals surface area contributed by atoms with Gasteiger partial charge < -0.3 is 15.0 Å². The Bertz CT molecular complexity index is 629. The molecule has 1 unspecified atom stereocenters. The van der Waals surface area contributed by atoms with Crippen molar-refractivity contribution in [3.05, 3.63) is 23.8 Å². The number of methoxy groups -OCH3 is 1. The molecule has 5 nitrogen and oxygen atoms in total. The van der Waals surface area contributed by atoms with Crippen molar-refractivity contribution in [2.75, 3.05) is 24.1 Å². The van der Waals surface area contributed by atoms with Gasteiger partial charge in [0.15, 0.2) is 0 Å². The number of hydrogen-bond donors (Lipinski definition) is 1. The lowest BCUT2D eigenvalue weighted by Crippen LogP contribution is -2.46. The molecule has 1 atom stereocenters. The summed E-state index contributed by atoms with van der Waals surface area (Å²) in [6.07, 6.45) is 4.16. The number of carbonyl (C=O) groups excluding carboxylic acids is 2. The summed E-state index contributed by atoms with van der Waals surface area (Å²) in [4.78, 5) is 27.2. The van der Waals surface area contributed by atoms with E-state index in [1.165, 1.54) is 0 Å². The lowest BCUT2D eigenvalue weighted by molar-refractivity contribution is -0.139. The average Bonchev–Trinajstić information content (AvgIpc) is 3.27. The van der Waals surface area contributed by atoms with Gasteiger partial charge in [-0.05, 0) is 37.5 Å². The monoisotopic (exact) mass is 348 g/mol. The highest BCUT2D eigenvalue weighted by atomic mass is 32.2. The van der Waals surface area contributed by atoms with Crippen LogP contribution >= 0.6 is 11.8 Å². The highest BCUT2D eigenvalue weighted by Crippen LogP contribution is 2.32. The van der Waals surface area contributed by atoms with E-state index in [1.807, 2.05) is 25.1 Å². The minimum Gasteiger partial charge on any atom is -0.495 e. The fourth-order valence-corrected chi connectivity index (χ4v) is 4.57. The van der Waals surface area contributed by atoms with Crippen LogP contribution in [-0.4, -0.2) is 41.5 Å². The zero-order chi connectivity index (χ0) is 17.1. The Morgan fingerprint density at radius 3 is 2.75 bits per heavy atom. The number of nitrogens with one attached hydrogen (secondary N) is 1. The van der Waals surface area contributed by atoms with E-state index in [9.17, 15) is 9.59 Å². The minimum atomic E-state index is -0.394. The Labute approximate surface area is 147 Å². The standard InChI is InChI=1S/C18H24N2O3S/c1-12-7-8-14(16(9-12)23-2)19-17(21)15-10-24-11-20(15)18(22)13-5-3-4-6-13/h7-9,13,15H,3-6,10-11H2,1-2H3,(H,19,21). The van der Waals surface area contributed by atoms with Gasteiger partial charge in [-0.2, -0.15) is 0 Å². The van der Waals surface area contributed by atoms with Crippen LogP contribution in [0.5, 0.6) is 5.75 Å². The number of carbonyl (C=O) groups is 2. The maximum atomic E-state index is 12.7. The Hall–Kier alpha value is -1.69. The number of hydrogen-bond acceptors (Lipinski definition) is 4. The molecule has 2 aliphatic rings. The molecule has 0 bridgehead atoms. The third-order valence-corrected chi connectivity index (χ3v) is 5.80. The van der Waals surface area contributed by atoms with Crippen molar-refractivity contribution in [2.45, 2.75) is 38.6 Å². The van der Waals surface area contributed by atoms with E-state index in [0.29, 0.717) is 23.1 Å². The maximum Gasteiger partial charge on any atom is 0.248 e. The van der Waals surface area contributed by atoms with Crippen LogP contribution in [0.25, 0.3) is 0 Å². The number of thioether (sulfide) groups is 1. The van der Waals surface area contributed by atoms with Crippen LogP contribution < -0.4 is 10.1 Å². The van der Waals surface area contributed by atoms with Gasteiger partial charge >= 0.3 is 0 Å². The van der Waals surface area contributed by atoms with Crippen molar-refractivity contribution in [2.24, 2.45) is 5.92 Å². The first-order valence-corrected chi connectivity index (χ1v) is 9.59. The van der Waals surface area contributed by atoms with Crippen LogP contribution in [-0.2, 0) is 9.59 Å². The van der Waals surface area contributed by atoms with Crippen molar-refractivity contribution < 1.29 is 14.3 Å². The predicted molar refractivity (Wildman–Crippen MR) is 96.3 cm³/mol. The van der Waals surface area contributed by atoms with Crippen LogP contribution in [0.3, 0.4) is 0 Å². The molecule has 0 aromatic heterocycles. The van der Waals surface area contributed by atoms with Crippen molar-refractivity contribution in [1.82, 2.24) is 4.90 Å². The number of rotatable bonds is 4. The summed E-state index contributed by atoms with van der Waals surface area (Å²) in [5.41, 5.74) is 1.72. The summed E-state index contributed by atoms with van der Waals surface area (Å²) < 4.78 is 5.34. The molecule has 1 aromatic rings. The van der Waals surface area contributed by atoms with E-state index in [-0.39, 0.29) is 17.7 Å². The first-order chi connectivity index (χ1) is 11.6. The molecule has 1 saturated heterocycles. The van der Waals surface area contributed by atoms with Crippen LogP contribution in [0.1, 0.15) is 31.2 Å². The molecule has 3 rings (SSSR count). The normalized spacial score (nSPS) is 21.1. The van der Waals surface area contributed by atoms with Gasteiger partial charge in [-0.1, -0.05) is 18.9 Å². The van der Waals surface area contributed by atoms with Crippen molar-refractivity contribution >= 4 is 29.3 Å². The van der Waals surface area contributed by atoms with Gasteiger partial charge in [0, 0.05) is 11.7 Å². The molecule has 130 valence electrons. The Kier molecular flexibility index (Phi) is 5.33. The van der Waals surface area contributed by atoms with Gasteiger partial charge in [0.25, 0.3) is 0 Å². The van der Waals surface area contributed by atoms with Crippen LogP contribution in [0.2, 0.25) is 0 Å². The van der Waals surface area contributed by atoms with Gasteiger partial charge in [0.2, 0.25) is 11.8 Å². The third-order valence-electron chi connectivity index (χ3n) is 4.79. The molecule has 1 aliphatic heterocycles. The summed E-state index contributed by atoms with van der Waals surface area (Å²) in [6, 6.07) is 5.27. The first-order valence-electron chi connectivity index (χ1n) is 8.44. The number of anilines is 1. The van der Waals surface area contributed by atoms with Gasteiger partial charge in [0.1, 0.15) is 11.8 Å². The molecule has 0 spiro atoms. The minimum absolute atomic E-state index is 0.105. The zero-order valence-corrected chi connectivity index (χ0v) is 15.0. The highest BCUT2D eigenvalue weighted by Gasteiger charge is 2.38. The molecule has 2 amide bonds. The molecule has 1 heterocycles. The second-order valence-corrected chi connectivity index (χ2v) is 7.50. The first kappa shape index (κ1) is 17.1. The van der Waals surface area contributed by atoms with E-state index < -0.39 is 6.04 Å². The molecule has 2 fully saturated rings. The maximum absolute atomic E-state index is 12.7. The number of aryl methyl sites for hydroxylation is 1. The second kappa shape index (κ2) is 7.47. The molecule has 6 heteroatoms. The summed E-state index contributed by atoms with van der Waals surface area (Å²) in [7, 11) is 1.59. The van der Waals surface area contributed by atoms with Crippen LogP contribution in [0, 0.1) is 12.8 Å². The van der Waals surface area contributed by atoms with E-state index in [4.69, 9.17) is 4.74 Å². The summed E-state index contributed by atoms with van der Waals surface area (Å²) in [5, 5.41) is 2.93. The third kappa shape index (κ3) is 3.53. The molecular weight excluding hydrogens is 324 g/mol. The largest absolute Gasteiger partial charge is 0.495 e. The Morgan fingerprint density at radius 1 is 1.29 bits per heavy atom. The lowest BCUT2D eigenvalue weighted by atomic mass is 10.1. The number of ether oxygens (including phenoxy) is 1. The van der Waals surface area contributed by atoms with E-state index in [2.05, 4.69) is 5.32 Å².